The Morgan fingerprint density at radius 2 is 2.00 bits per heavy atom. The largest absolute Gasteiger partial charge is 0.327 e. The first-order chi connectivity index (χ1) is 5.29. The van der Waals surface area contributed by atoms with Gasteiger partial charge in [-0.15, -0.1) is 0 Å². The molecule has 0 aromatic heterocycles. The Morgan fingerprint density at radius 1 is 1.36 bits per heavy atom. The van der Waals surface area contributed by atoms with E-state index >= 15 is 0 Å². The molecule has 1 fully saturated rings. The lowest BCUT2D eigenvalue weighted by Crippen LogP contribution is -2.01. The molecule has 0 saturated heterocycles. The van der Waals surface area contributed by atoms with E-state index in [-0.39, 0.29) is 0 Å². The summed E-state index contributed by atoms with van der Waals surface area (Å²) in [5, 5.41) is 0. The Kier molecular flexibility index (Phi) is 1.74. The molecule has 0 unspecified atom stereocenters. The van der Waals surface area contributed by atoms with Crippen molar-refractivity contribution in [3.05, 3.63) is 34.3 Å². The molecule has 1 saturated carbocycles. The van der Waals surface area contributed by atoms with Crippen molar-refractivity contribution in [2.24, 2.45) is 5.73 Å². The van der Waals surface area contributed by atoms with Crippen molar-refractivity contribution in [3.63, 3.8) is 0 Å². The molecule has 58 valence electrons. The van der Waals surface area contributed by atoms with Gasteiger partial charge in [-0.3, -0.25) is 0 Å². The van der Waals surface area contributed by atoms with Crippen molar-refractivity contribution in [1.82, 2.24) is 0 Å². The van der Waals surface area contributed by atoms with Crippen LogP contribution in [-0.4, -0.2) is 6.04 Å². The fraction of sp³-hybridized carbons (Fsp3) is 0.333. The van der Waals surface area contributed by atoms with E-state index in [1.165, 1.54) is 10.0 Å². The zero-order chi connectivity index (χ0) is 7.84. The minimum absolute atomic E-state index is 0.397. The molecular formula is C9H10BrN. The third-order valence-electron chi connectivity index (χ3n) is 2.14. The molecule has 2 atom stereocenters. The standard InChI is InChI=1S/C9H10BrN/c10-8-4-2-1-3-6(8)7-5-9(7)11/h1-4,7,9H,5,11H2/t7-,9-/m0/s1. The first kappa shape index (κ1) is 7.32. The summed E-state index contributed by atoms with van der Waals surface area (Å²) in [6.07, 6.45) is 1.14. The van der Waals surface area contributed by atoms with Gasteiger partial charge in [0, 0.05) is 16.4 Å². The monoisotopic (exact) mass is 211 g/mol. The summed E-state index contributed by atoms with van der Waals surface area (Å²) in [6.45, 7) is 0. The smallest absolute Gasteiger partial charge is 0.0210 e. The predicted molar refractivity (Wildman–Crippen MR) is 49.5 cm³/mol. The highest BCUT2D eigenvalue weighted by molar-refractivity contribution is 9.10. The molecule has 0 radical (unpaired) electrons. The number of rotatable bonds is 1. The van der Waals surface area contributed by atoms with Crippen LogP contribution in [0.3, 0.4) is 0 Å². The van der Waals surface area contributed by atoms with E-state index in [0.717, 1.165) is 6.42 Å². The van der Waals surface area contributed by atoms with Gasteiger partial charge in [0.05, 0.1) is 0 Å². The van der Waals surface area contributed by atoms with Crippen molar-refractivity contribution in [3.8, 4) is 0 Å². The van der Waals surface area contributed by atoms with Crippen molar-refractivity contribution in [1.29, 1.82) is 0 Å². The molecule has 1 aliphatic carbocycles. The predicted octanol–water partition coefficient (Wildman–Crippen LogP) is 2.26. The van der Waals surface area contributed by atoms with E-state index in [1.54, 1.807) is 0 Å². The lowest BCUT2D eigenvalue weighted by atomic mass is 10.1. The molecule has 0 amide bonds. The highest BCUT2D eigenvalue weighted by Crippen LogP contribution is 2.41. The van der Waals surface area contributed by atoms with Crippen LogP contribution in [0.1, 0.15) is 17.9 Å². The van der Waals surface area contributed by atoms with E-state index in [9.17, 15) is 0 Å². The zero-order valence-electron chi connectivity index (χ0n) is 6.13. The van der Waals surface area contributed by atoms with Gasteiger partial charge in [-0.25, -0.2) is 0 Å². The molecule has 0 bridgehead atoms. The number of nitrogens with two attached hydrogens (primary N) is 1. The zero-order valence-corrected chi connectivity index (χ0v) is 7.71. The second kappa shape index (κ2) is 2.61. The Balaban J connectivity index is 2.31. The molecule has 2 rings (SSSR count). The fourth-order valence-corrected chi connectivity index (χ4v) is 1.93. The van der Waals surface area contributed by atoms with Crippen LogP contribution in [0.5, 0.6) is 0 Å². The van der Waals surface area contributed by atoms with E-state index in [4.69, 9.17) is 5.73 Å². The molecule has 1 aromatic carbocycles. The van der Waals surface area contributed by atoms with Crippen molar-refractivity contribution in [2.45, 2.75) is 18.4 Å². The third kappa shape index (κ3) is 1.33. The van der Waals surface area contributed by atoms with E-state index in [2.05, 4.69) is 34.1 Å². The summed E-state index contributed by atoms with van der Waals surface area (Å²) >= 11 is 3.51. The fourth-order valence-electron chi connectivity index (χ4n) is 1.35. The van der Waals surface area contributed by atoms with Gasteiger partial charge in [0.15, 0.2) is 0 Å². The van der Waals surface area contributed by atoms with Crippen LogP contribution in [0.2, 0.25) is 0 Å². The molecule has 0 heterocycles. The average molecular weight is 212 g/mol. The van der Waals surface area contributed by atoms with Crippen LogP contribution in [0, 0.1) is 0 Å². The normalized spacial score (nSPS) is 28.5. The Bertz CT molecular complexity index is 272. The van der Waals surface area contributed by atoms with Crippen LogP contribution < -0.4 is 5.73 Å². The van der Waals surface area contributed by atoms with Gasteiger partial charge in [-0.2, -0.15) is 0 Å². The highest BCUT2D eigenvalue weighted by atomic mass is 79.9. The van der Waals surface area contributed by atoms with Crippen molar-refractivity contribution < 1.29 is 0 Å². The lowest BCUT2D eigenvalue weighted by molar-refractivity contribution is 0.986. The molecule has 2 heteroatoms. The minimum atomic E-state index is 0.397. The average Bonchev–Trinajstić information content (AvgIpc) is 2.68. The van der Waals surface area contributed by atoms with Crippen molar-refractivity contribution >= 4 is 15.9 Å². The highest BCUT2D eigenvalue weighted by Gasteiger charge is 2.35. The van der Waals surface area contributed by atoms with Gasteiger partial charge in [-0.05, 0) is 18.1 Å². The van der Waals surface area contributed by atoms with Gasteiger partial charge in [0.25, 0.3) is 0 Å². The summed E-state index contributed by atoms with van der Waals surface area (Å²) in [5.74, 6) is 0.602. The Labute approximate surface area is 74.7 Å². The minimum Gasteiger partial charge on any atom is -0.327 e. The van der Waals surface area contributed by atoms with Crippen LogP contribution in [0.15, 0.2) is 28.7 Å². The number of benzene rings is 1. The quantitative estimate of drug-likeness (QED) is 0.759. The first-order valence-electron chi connectivity index (χ1n) is 3.79. The maximum Gasteiger partial charge on any atom is 0.0210 e. The number of hydrogen-bond donors (Lipinski definition) is 1. The Morgan fingerprint density at radius 3 is 2.55 bits per heavy atom. The molecular weight excluding hydrogens is 202 g/mol. The second-order valence-electron chi connectivity index (χ2n) is 3.03. The van der Waals surface area contributed by atoms with Gasteiger partial charge in [0.2, 0.25) is 0 Å². The Hall–Kier alpha value is -0.340. The van der Waals surface area contributed by atoms with E-state index < -0.39 is 0 Å². The topological polar surface area (TPSA) is 26.0 Å². The van der Waals surface area contributed by atoms with E-state index in [1.807, 2.05) is 6.07 Å². The number of halogens is 1. The molecule has 1 aliphatic rings. The first-order valence-corrected chi connectivity index (χ1v) is 4.58. The molecule has 1 nitrogen and oxygen atoms in total. The number of hydrogen-bond acceptors (Lipinski definition) is 1. The molecule has 2 N–H and O–H groups in total. The summed E-state index contributed by atoms with van der Waals surface area (Å²) in [7, 11) is 0. The summed E-state index contributed by atoms with van der Waals surface area (Å²) in [6, 6.07) is 8.70. The van der Waals surface area contributed by atoms with Gasteiger partial charge in [0.1, 0.15) is 0 Å². The molecule has 0 spiro atoms. The van der Waals surface area contributed by atoms with Gasteiger partial charge < -0.3 is 5.73 Å². The van der Waals surface area contributed by atoms with Crippen LogP contribution in [0.25, 0.3) is 0 Å². The summed E-state index contributed by atoms with van der Waals surface area (Å²) in [4.78, 5) is 0. The molecule has 1 aromatic rings. The SMILES string of the molecule is N[C@H]1C[C@H]1c1ccccc1Br. The maximum absolute atomic E-state index is 5.75. The van der Waals surface area contributed by atoms with Crippen LogP contribution in [-0.2, 0) is 0 Å². The van der Waals surface area contributed by atoms with Gasteiger partial charge in [-0.1, -0.05) is 34.1 Å². The summed E-state index contributed by atoms with van der Waals surface area (Å²) in [5.41, 5.74) is 7.11. The second-order valence-corrected chi connectivity index (χ2v) is 3.88. The van der Waals surface area contributed by atoms with Crippen molar-refractivity contribution in [2.75, 3.05) is 0 Å². The van der Waals surface area contributed by atoms with Crippen LogP contribution in [0.4, 0.5) is 0 Å². The van der Waals surface area contributed by atoms with Crippen LogP contribution >= 0.6 is 15.9 Å². The summed E-state index contributed by atoms with van der Waals surface area (Å²) < 4.78 is 1.19. The van der Waals surface area contributed by atoms with E-state index in [0.29, 0.717) is 12.0 Å². The third-order valence-corrected chi connectivity index (χ3v) is 2.87. The molecule has 0 aliphatic heterocycles. The maximum atomic E-state index is 5.75. The van der Waals surface area contributed by atoms with Gasteiger partial charge >= 0.3 is 0 Å². The lowest BCUT2D eigenvalue weighted by Gasteiger charge is -2.00. The molecule has 11 heavy (non-hydrogen) atoms.